The number of esters is 6. The molecule has 0 aromatic rings. The van der Waals surface area contributed by atoms with Crippen molar-refractivity contribution in [2.75, 3.05) is 13.2 Å². The molecule has 340 valence electrons. The van der Waals surface area contributed by atoms with Gasteiger partial charge < -0.3 is 28.4 Å². The molecule has 0 radical (unpaired) electrons. The van der Waals surface area contributed by atoms with E-state index in [1.807, 2.05) is 0 Å². The first-order valence-corrected chi connectivity index (χ1v) is 22.4. The highest BCUT2D eigenvalue weighted by molar-refractivity contribution is 5.78. The third kappa shape index (κ3) is 13.3. The quantitative estimate of drug-likeness (QED) is 0.0355. The molecule has 2 aliphatic heterocycles. The number of alkyl halides is 4. The number of carbonyl (C=O) groups excluding carboxylic acids is 6. The van der Waals surface area contributed by atoms with Crippen molar-refractivity contribution in [2.24, 2.45) is 35.5 Å². The molecule has 12 nitrogen and oxygen atoms in total. The Bertz CT molecular complexity index is 1480. The average Bonchev–Trinajstić information content (AvgIpc) is 4.01. The van der Waals surface area contributed by atoms with E-state index in [0.717, 1.165) is 116 Å². The summed E-state index contributed by atoms with van der Waals surface area (Å²) in [5, 5.41) is 0. The van der Waals surface area contributed by atoms with E-state index >= 15 is 0 Å². The molecule has 0 aromatic carbocycles. The van der Waals surface area contributed by atoms with Crippen LogP contribution in [0.2, 0.25) is 0 Å². The molecule has 60 heavy (non-hydrogen) atoms. The molecule has 4 aliphatic carbocycles. The van der Waals surface area contributed by atoms with Gasteiger partial charge in [0.25, 0.3) is 0 Å². The number of carbonyl (C=O) groups is 6. The van der Waals surface area contributed by atoms with Gasteiger partial charge in [0.2, 0.25) is 0 Å². The van der Waals surface area contributed by atoms with Gasteiger partial charge in [0, 0.05) is 50.4 Å². The molecule has 4 bridgehead atoms. The number of rotatable bonds is 26. The molecule has 10 atom stereocenters. The Hall–Kier alpha value is -3.46. The maximum Gasteiger partial charge on any atom is 0.376 e. The minimum absolute atomic E-state index is 0.00470. The minimum atomic E-state index is -3.44. The third-order valence-corrected chi connectivity index (χ3v) is 13.1. The summed E-state index contributed by atoms with van der Waals surface area (Å²) in [4.78, 5) is 69.5. The van der Waals surface area contributed by atoms with Crippen molar-refractivity contribution in [3.63, 3.8) is 0 Å². The van der Waals surface area contributed by atoms with Crippen molar-refractivity contribution in [1.82, 2.24) is 0 Å². The standard InChI is InChI=1S/C24H36F2O6.C20H28F2O6/c1-24(25,26)23(29)30-13-11-9-7-5-3-2-4-6-8-10-12-19(27)31-20-16-14-17-18(15-16)22(28)32-21(17)20;1-20(21,22)19(25)26-9-7-5-3-2-4-6-8-15(23)27-16-12-10-13-14(11-12)18(24)28-17(13)16/h16-18,20-21H,2-15H2,1H3;12-14,16-17H,2-11H2,1H3. The minimum Gasteiger partial charge on any atom is -0.461 e. The smallest absolute Gasteiger partial charge is 0.376 e. The molecule has 6 rings (SSSR count). The molecule has 0 spiro atoms. The summed E-state index contributed by atoms with van der Waals surface area (Å²) in [6, 6.07) is 0. The van der Waals surface area contributed by atoms with Crippen LogP contribution in [0.5, 0.6) is 0 Å². The van der Waals surface area contributed by atoms with Gasteiger partial charge >= 0.3 is 47.7 Å². The summed E-state index contributed by atoms with van der Waals surface area (Å²) >= 11 is 0. The average molecular weight is 861 g/mol. The second kappa shape index (κ2) is 22.1. The summed E-state index contributed by atoms with van der Waals surface area (Å²) < 4.78 is 81.6. The molecule has 0 aromatic heterocycles. The second-order valence-electron chi connectivity index (χ2n) is 17.9. The molecule has 16 heteroatoms. The van der Waals surface area contributed by atoms with Gasteiger partial charge in [0.15, 0.2) is 0 Å². The number of ether oxygens (including phenoxy) is 6. The lowest BCUT2D eigenvalue weighted by Gasteiger charge is -2.25. The molecule has 0 amide bonds. The van der Waals surface area contributed by atoms with Gasteiger partial charge in [-0.05, 0) is 51.4 Å². The van der Waals surface area contributed by atoms with E-state index in [1.54, 1.807) is 0 Å². The second-order valence-corrected chi connectivity index (χ2v) is 17.9. The monoisotopic (exact) mass is 860 g/mol. The molecule has 4 saturated carbocycles. The summed E-state index contributed by atoms with van der Waals surface area (Å²) in [6.45, 7) is 1.13. The summed E-state index contributed by atoms with van der Waals surface area (Å²) in [6.07, 6.45) is 17.9. The normalized spacial score (nSPS) is 29.2. The molecule has 6 fully saturated rings. The van der Waals surface area contributed by atoms with Gasteiger partial charge in [-0.1, -0.05) is 77.0 Å². The van der Waals surface area contributed by atoms with Gasteiger partial charge in [-0.25, -0.2) is 9.59 Å². The predicted molar refractivity (Wildman–Crippen MR) is 205 cm³/mol. The lowest BCUT2D eigenvalue weighted by Crippen LogP contribution is -2.35. The van der Waals surface area contributed by atoms with Crippen molar-refractivity contribution in [3.8, 4) is 0 Å². The van der Waals surface area contributed by atoms with Crippen LogP contribution in [0.1, 0.15) is 155 Å². The maximum atomic E-state index is 12.6. The molecule has 2 saturated heterocycles. The highest BCUT2D eigenvalue weighted by Crippen LogP contribution is 2.56. The fourth-order valence-corrected chi connectivity index (χ4v) is 10.00. The maximum absolute atomic E-state index is 12.6. The first-order chi connectivity index (χ1) is 28.5. The molecule has 6 aliphatic rings. The number of halogens is 4. The highest BCUT2D eigenvalue weighted by atomic mass is 19.3. The van der Waals surface area contributed by atoms with E-state index in [4.69, 9.17) is 18.9 Å². The van der Waals surface area contributed by atoms with Crippen LogP contribution in [0.4, 0.5) is 17.6 Å². The van der Waals surface area contributed by atoms with Crippen LogP contribution in [0.15, 0.2) is 0 Å². The highest BCUT2D eigenvalue weighted by Gasteiger charge is 2.64. The van der Waals surface area contributed by atoms with Crippen LogP contribution in [-0.2, 0) is 57.2 Å². The van der Waals surface area contributed by atoms with Crippen molar-refractivity contribution in [2.45, 2.75) is 191 Å². The summed E-state index contributed by atoms with van der Waals surface area (Å²) in [7, 11) is 0. The van der Waals surface area contributed by atoms with Gasteiger partial charge in [-0.15, -0.1) is 0 Å². The Morgan fingerprint density at radius 3 is 1.17 bits per heavy atom. The van der Waals surface area contributed by atoms with Crippen molar-refractivity contribution in [1.29, 1.82) is 0 Å². The van der Waals surface area contributed by atoms with E-state index in [9.17, 15) is 46.3 Å². The number of fused-ring (bicyclic) bond motifs is 2. The van der Waals surface area contributed by atoms with Gasteiger partial charge in [-0.2, -0.15) is 17.6 Å². The lowest BCUT2D eigenvalue weighted by atomic mass is 9.88. The van der Waals surface area contributed by atoms with E-state index in [0.29, 0.717) is 45.4 Å². The Labute approximate surface area is 350 Å². The van der Waals surface area contributed by atoms with Crippen molar-refractivity contribution in [3.05, 3.63) is 0 Å². The summed E-state index contributed by atoms with van der Waals surface area (Å²) in [5.74, 6) is -9.31. The topological polar surface area (TPSA) is 158 Å². The molecular formula is C44H64F4O12. The fourth-order valence-electron chi connectivity index (χ4n) is 10.00. The van der Waals surface area contributed by atoms with Crippen LogP contribution >= 0.6 is 0 Å². The van der Waals surface area contributed by atoms with E-state index < -0.39 is 23.8 Å². The Morgan fingerprint density at radius 2 is 0.833 bits per heavy atom. The largest absolute Gasteiger partial charge is 0.461 e. The van der Waals surface area contributed by atoms with Crippen LogP contribution in [0, 0.1) is 35.5 Å². The van der Waals surface area contributed by atoms with Crippen molar-refractivity contribution >= 4 is 35.8 Å². The van der Waals surface area contributed by atoms with Crippen LogP contribution in [0.3, 0.4) is 0 Å². The zero-order chi connectivity index (χ0) is 43.5. The first-order valence-electron chi connectivity index (χ1n) is 22.4. The van der Waals surface area contributed by atoms with Crippen LogP contribution < -0.4 is 0 Å². The number of unbranched alkanes of at least 4 members (excludes halogenated alkanes) is 14. The van der Waals surface area contributed by atoms with Gasteiger partial charge in [0.05, 0.1) is 25.0 Å². The van der Waals surface area contributed by atoms with Gasteiger partial charge in [0.1, 0.15) is 24.4 Å². The molecule has 10 unspecified atom stereocenters. The predicted octanol–water partition coefficient (Wildman–Crippen LogP) is 8.38. The molecule has 2 heterocycles. The van der Waals surface area contributed by atoms with Crippen LogP contribution in [0.25, 0.3) is 0 Å². The molecular weight excluding hydrogens is 796 g/mol. The SMILES string of the molecule is CC(F)(F)C(=O)OCCCCCCCCC(=O)OC1C2CC3C(=O)OC1C3C2.CC(F)(F)C(=O)OCCCCCCCCCCCCC(=O)OC1C2CC3C(=O)OC1C3C2. The van der Waals surface area contributed by atoms with E-state index in [1.165, 1.54) is 0 Å². The van der Waals surface area contributed by atoms with E-state index in [-0.39, 0.29) is 91.1 Å². The zero-order valence-corrected chi connectivity index (χ0v) is 35.2. The zero-order valence-electron chi connectivity index (χ0n) is 35.2. The van der Waals surface area contributed by atoms with Crippen molar-refractivity contribution < 1.29 is 74.8 Å². The van der Waals surface area contributed by atoms with Crippen LogP contribution in [-0.4, -0.2) is 85.3 Å². The molecule has 0 N–H and O–H groups in total. The first kappa shape index (κ1) is 47.6. The summed E-state index contributed by atoms with van der Waals surface area (Å²) in [5.41, 5.74) is 0. The van der Waals surface area contributed by atoms with Gasteiger partial charge in [-0.3, -0.25) is 19.2 Å². The Morgan fingerprint density at radius 1 is 0.517 bits per heavy atom. The number of hydrogen-bond donors (Lipinski definition) is 0. The fraction of sp³-hybridized carbons (Fsp3) is 0.864. The Kier molecular flexibility index (Phi) is 17.5. The number of hydrogen-bond acceptors (Lipinski definition) is 12. The Balaban J connectivity index is 0.000000230. The third-order valence-electron chi connectivity index (χ3n) is 13.1. The lowest BCUT2D eigenvalue weighted by molar-refractivity contribution is -0.169. The van der Waals surface area contributed by atoms with E-state index in [2.05, 4.69) is 9.47 Å².